The molecule has 0 saturated heterocycles. The van der Waals surface area contributed by atoms with Crippen LogP contribution >= 0.6 is 23.4 Å². The standard InChI is InChI=1S/C22H21ClN2S/c23-18-9-7-17(8-10-18)22(11-4-12-22)21-19(13-16-5-2-1-3-6-16)24-20-14-26-15-25(20)21/h1-3,5-10,14,24H,4,11-13,15H2. The zero-order valence-corrected chi connectivity index (χ0v) is 16.1. The number of nitrogens with one attached hydrogen (secondary N) is 1. The van der Waals surface area contributed by atoms with Crippen LogP contribution in [-0.2, 0) is 11.8 Å². The van der Waals surface area contributed by atoms with Crippen molar-refractivity contribution in [2.75, 3.05) is 5.88 Å². The lowest BCUT2D eigenvalue weighted by atomic mass is 9.61. The second-order valence-electron chi connectivity index (χ2n) is 7.28. The summed E-state index contributed by atoms with van der Waals surface area (Å²) in [5.41, 5.74) is 5.70. The van der Waals surface area contributed by atoms with Gasteiger partial charge in [0.05, 0.1) is 11.6 Å². The third kappa shape index (κ3) is 2.57. The van der Waals surface area contributed by atoms with Gasteiger partial charge in [-0.2, -0.15) is 0 Å². The van der Waals surface area contributed by atoms with Crippen molar-refractivity contribution in [3.8, 4) is 0 Å². The number of nitrogens with zero attached hydrogens (tertiary/aromatic N) is 1. The quantitative estimate of drug-likeness (QED) is 0.740. The van der Waals surface area contributed by atoms with Gasteiger partial charge in [0, 0.05) is 28.0 Å². The summed E-state index contributed by atoms with van der Waals surface area (Å²) in [6.45, 7) is 0. The van der Waals surface area contributed by atoms with Gasteiger partial charge in [-0.25, -0.2) is 0 Å². The third-order valence-electron chi connectivity index (χ3n) is 5.81. The van der Waals surface area contributed by atoms with Crippen LogP contribution in [0.25, 0.3) is 0 Å². The van der Waals surface area contributed by atoms with Gasteiger partial charge in [0.1, 0.15) is 5.82 Å². The number of rotatable bonds is 4. The first kappa shape index (κ1) is 16.3. The van der Waals surface area contributed by atoms with Crippen LogP contribution in [0.2, 0.25) is 5.02 Å². The Balaban J connectivity index is 1.60. The van der Waals surface area contributed by atoms with Gasteiger partial charge >= 0.3 is 0 Å². The smallest absolute Gasteiger partial charge is 0.117 e. The fourth-order valence-electron chi connectivity index (χ4n) is 4.42. The van der Waals surface area contributed by atoms with E-state index in [2.05, 4.69) is 58.1 Å². The van der Waals surface area contributed by atoms with Crippen LogP contribution in [0.15, 0.2) is 77.2 Å². The molecule has 2 aromatic carbocycles. The van der Waals surface area contributed by atoms with Crippen molar-refractivity contribution in [2.24, 2.45) is 0 Å². The van der Waals surface area contributed by atoms with Crippen molar-refractivity contribution in [3.63, 3.8) is 0 Å². The molecular weight excluding hydrogens is 360 g/mol. The van der Waals surface area contributed by atoms with Crippen molar-refractivity contribution in [1.29, 1.82) is 0 Å². The van der Waals surface area contributed by atoms with Crippen LogP contribution in [0.5, 0.6) is 0 Å². The van der Waals surface area contributed by atoms with Crippen molar-refractivity contribution >= 4 is 23.4 Å². The molecule has 0 aromatic heterocycles. The molecule has 0 unspecified atom stereocenters. The molecule has 0 spiro atoms. The van der Waals surface area contributed by atoms with Gasteiger partial charge in [0.25, 0.3) is 0 Å². The van der Waals surface area contributed by atoms with Crippen LogP contribution < -0.4 is 5.32 Å². The molecule has 5 rings (SSSR count). The Labute approximate surface area is 163 Å². The molecule has 1 aliphatic carbocycles. The SMILES string of the molecule is Clc1ccc(C2(C3=C(Cc4ccccc4)NC4=CSCN43)CCC2)cc1. The number of halogens is 1. The van der Waals surface area contributed by atoms with Crippen LogP contribution in [0.3, 0.4) is 0 Å². The topological polar surface area (TPSA) is 15.3 Å². The summed E-state index contributed by atoms with van der Waals surface area (Å²) >= 11 is 8.03. The van der Waals surface area contributed by atoms with Crippen LogP contribution in [0.1, 0.15) is 30.4 Å². The maximum absolute atomic E-state index is 6.16. The Morgan fingerprint density at radius 2 is 1.81 bits per heavy atom. The minimum absolute atomic E-state index is 0.113. The van der Waals surface area contributed by atoms with Crippen molar-refractivity contribution in [1.82, 2.24) is 10.2 Å². The van der Waals surface area contributed by atoms with Crippen molar-refractivity contribution < 1.29 is 0 Å². The Hall–Kier alpha value is -1.84. The first-order valence-corrected chi connectivity index (χ1v) is 10.6. The summed E-state index contributed by atoms with van der Waals surface area (Å²) in [5, 5.41) is 6.79. The van der Waals surface area contributed by atoms with E-state index in [-0.39, 0.29) is 5.41 Å². The molecule has 132 valence electrons. The number of benzene rings is 2. The van der Waals surface area contributed by atoms with E-state index in [4.69, 9.17) is 11.6 Å². The van der Waals surface area contributed by atoms with Gasteiger partial charge in [-0.05, 0) is 36.1 Å². The molecule has 3 aliphatic rings. The van der Waals surface area contributed by atoms with Gasteiger partial charge in [-0.3, -0.25) is 0 Å². The van der Waals surface area contributed by atoms with E-state index < -0.39 is 0 Å². The molecular formula is C22H21ClN2S. The predicted molar refractivity (Wildman–Crippen MR) is 110 cm³/mol. The molecule has 26 heavy (non-hydrogen) atoms. The first-order valence-electron chi connectivity index (χ1n) is 9.16. The Morgan fingerprint density at radius 3 is 2.50 bits per heavy atom. The van der Waals surface area contributed by atoms with Gasteiger partial charge < -0.3 is 10.2 Å². The Kier molecular flexibility index (Phi) is 4.02. The Morgan fingerprint density at radius 1 is 1.04 bits per heavy atom. The summed E-state index contributed by atoms with van der Waals surface area (Å²) < 4.78 is 0. The van der Waals surface area contributed by atoms with E-state index in [0.29, 0.717) is 0 Å². The second kappa shape index (κ2) is 6.40. The zero-order valence-electron chi connectivity index (χ0n) is 14.5. The van der Waals surface area contributed by atoms with E-state index in [0.717, 1.165) is 17.3 Å². The van der Waals surface area contributed by atoms with E-state index >= 15 is 0 Å². The molecule has 1 fully saturated rings. The average molecular weight is 381 g/mol. The number of hydrogen-bond donors (Lipinski definition) is 1. The lowest BCUT2D eigenvalue weighted by Gasteiger charge is -2.46. The normalized spacial score (nSPS) is 20.5. The molecule has 2 nitrogen and oxygen atoms in total. The number of thioether (sulfide) groups is 1. The first-order chi connectivity index (χ1) is 12.8. The summed E-state index contributed by atoms with van der Waals surface area (Å²) in [4.78, 5) is 2.50. The predicted octanol–water partition coefficient (Wildman–Crippen LogP) is 5.62. The summed E-state index contributed by atoms with van der Waals surface area (Å²) in [6.07, 6.45) is 4.64. The lowest BCUT2D eigenvalue weighted by molar-refractivity contribution is 0.244. The van der Waals surface area contributed by atoms with E-state index in [1.807, 2.05) is 23.9 Å². The number of allylic oxidation sites excluding steroid dienone is 2. The van der Waals surface area contributed by atoms with Gasteiger partial charge in [0.2, 0.25) is 0 Å². The summed E-state index contributed by atoms with van der Waals surface area (Å²) in [6, 6.07) is 19.3. The monoisotopic (exact) mass is 380 g/mol. The second-order valence-corrected chi connectivity index (χ2v) is 8.55. The van der Waals surface area contributed by atoms with Gasteiger partial charge in [-0.15, -0.1) is 11.8 Å². The van der Waals surface area contributed by atoms with Crippen LogP contribution in [-0.4, -0.2) is 10.8 Å². The molecule has 0 radical (unpaired) electrons. The fourth-order valence-corrected chi connectivity index (χ4v) is 5.38. The van der Waals surface area contributed by atoms with E-state index in [1.165, 1.54) is 47.6 Å². The highest BCUT2D eigenvalue weighted by Gasteiger charge is 2.49. The maximum atomic E-state index is 6.16. The molecule has 1 N–H and O–H groups in total. The highest BCUT2D eigenvalue weighted by Crippen LogP contribution is 2.54. The number of hydrogen-bond acceptors (Lipinski definition) is 3. The van der Waals surface area contributed by atoms with Crippen molar-refractivity contribution in [2.45, 2.75) is 31.1 Å². The summed E-state index contributed by atoms with van der Waals surface area (Å²) in [5.74, 6) is 2.25. The van der Waals surface area contributed by atoms with Gasteiger partial charge in [-0.1, -0.05) is 60.5 Å². The summed E-state index contributed by atoms with van der Waals surface area (Å²) in [7, 11) is 0. The molecule has 2 heterocycles. The molecule has 2 aromatic rings. The molecule has 0 bridgehead atoms. The maximum Gasteiger partial charge on any atom is 0.117 e. The van der Waals surface area contributed by atoms with Crippen molar-refractivity contribution in [3.05, 3.63) is 93.4 Å². The molecule has 0 atom stereocenters. The Bertz CT molecular complexity index is 882. The molecule has 1 saturated carbocycles. The largest absolute Gasteiger partial charge is 0.343 e. The minimum Gasteiger partial charge on any atom is -0.343 e. The minimum atomic E-state index is 0.113. The van der Waals surface area contributed by atoms with Crippen LogP contribution in [0, 0.1) is 0 Å². The zero-order chi connectivity index (χ0) is 17.6. The third-order valence-corrected chi connectivity index (χ3v) is 6.85. The van der Waals surface area contributed by atoms with E-state index in [9.17, 15) is 0 Å². The molecule has 2 aliphatic heterocycles. The van der Waals surface area contributed by atoms with Gasteiger partial charge in [0.15, 0.2) is 0 Å². The number of fused-ring (bicyclic) bond motifs is 1. The van der Waals surface area contributed by atoms with E-state index in [1.54, 1.807) is 0 Å². The van der Waals surface area contributed by atoms with Crippen LogP contribution in [0.4, 0.5) is 0 Å². The molecule has 4 heteroatoms. The fraction of sp³-hybridized carbons (Fsp3) is 0.273. The highest BCUT2D eigenvalue weighted by atomic mass is 35.5. The molecule has 0 amide bonds. The highest BCUT2D eigenvalue weighted by molar-refractivity contribution is 8.02. The lowest BCUT2D eigenvalue weighted by Crippen LogP contribution is -2.41. The average Bonchev–Trinajstić information content (AvgIpc) is 3.19.